The van der Waals surface area contributed by atoms with Crippen LogP contribution in [0.15, 0.2) is 0 Å². The molecule has 0 aromatic carbocycles. The van der Waals surface area contributed by atoms with Gasteiger partial charge in [-0.3, -0.25) is 14.4 Å². The molecular formula is C21H39N3O4Si. The summed E-state index contributed by atoms with van der Waals surface area (Å²) in [6.45, 7) is 9.00. The Morgan fingerprint density at radius 3 is 2.38 bits per heavy atom. The smallest absolute Gasteiger partial charge is 0.240 e. The predicted octanol–water partition coefficient (Wildman–Crippen LogP) is 2.10. The molecule has 0 aromatic rings. The molecule has 0 aromatic heterocycles. The van der Waals surface area contributed by atoms with Crippen LogP contribution >= 0.6 is 0 Å². The van der Waals surface area contributed by atoms with Gasteiger partial charge in [0.05, 0.1) is 5.92 Å². The van der Waals surface area contributed by atoms with Gasteiger partial charge in [-0.15, -0.1) is 0 Å². The molecule has 2 fully saturated rings. The lowest BCUT2D eigenvalue weighted by molar-refractivity contribution is -0.142. The van der Waals surface area contributed by atoms with Gasteiger partial charge in [0.2, 0.25) is 18.2 Å². The Kier molecular flexibility index (Phi) is 7.90. The third kappa shape index (κ3) is 6.04. The fraction of sp³-hybridized carbons (Fsp3) is 0.857. The van der Waals surface area contributed by atoms with Crippen LogP contribution in [0.1, 0.15) is 58.8 Å². The van der Waals surface area contributed by atoms with E-state index in [9.17, 15) is 19.2 Å². The molecule has 0 radical (unpaired) electrons. The second-order valence-electron chi connectivity index (χ2n) is 10.2. The van der Waals surface area contributed by atoms with Crippen LogP contribution in [-0.4, -0.2) is 66.8 Å². The number of hydrogen-bond donors (Lipinski definition) is 2. The van der Waals surface area contributed by atoms with Gasteiger partial charge in [-0.2, -0.15) is 0 Å². The number of carbonyl (C=O) groups is 3. The first-order valence-corrected chi connectivity index (χ1v) is 13.9. The zero-order chi connectivity index (χ0) is 21.8. The Labute approximate surface area is 176 Å². The number of primary amides is 1. The third-order valence-corrected chi connectivity index (χ3v) is 10.6. The van der Waals surface area contributed by atoms with Crippen molar-refractivity contribution in [2.24, 2.45) is 17.6 Å². The molecule has 2 rings (SSSR count). The summed E-state index contributed by atoms with van der Waals surface area (Å²) in [7, 11) is -2.49. The highest BCUT2D eigenvalue weighted by Crippen LogP contribution is 2.37. The zero-order valence-corrected chi connectivity index (χ0v) is 19.5. The maximum atomic E-state index is 13.4. The molecule has 1 saturated heterocycles. The summed E-state index contributed by atoms with van der Waals surface area (Å²) >= 11 is 0. The van der Waals surface area contributed by atoms with Gasteiger partial charge in [0, 0.05) is 24.7 Å². The average molecular weight is 426 g/mol. The van der Waals surface area contributed by atoms with E-state index < -0.39 is 25.3 Å². The Hall–Kier alpha value is -1.41. The Balaban J connectivity index is 2.17. The fourth-order valence-electron chi connectivity index (χ4n) is 4.59. The van der Waals surface area contributed by atoms with Crippen LogP contribution in [0.25, 0.3) is 0 Å². The molecule has 0 spiro atoms. The molecule has 7 nitrogen and oxygen atoms in total. The van der Waals surface area contributed by atoms with Crippen LogP contribution in [0.5, 0.6) is 0 Å². The lowest BCUT2D eigenvalue weighted by atomic mass is 9.91. The van der Waals surface area contributed by atoms with Crippen molar-refractivity contribution >= 4 is 26.5 Å². The Bertz CT molecular complexity index is 599. The normalized spacial score (nSPS) is 22.0. The highest BCUT2D eigenvalue weighted by atomic mass is 28.4. The van der Waals surface area contributed by atoms with Crippen LogP contribution in [0.4, 0.5) is 0 Å². The predicted molar refractivity (Wildman–Crippen MR) is 115 cm³/mol. The van der Waals surface area contributed by atoms with Crippen molar-refractivity contribution in [2.75, 3.05) is 19.6 Å². The van der Waals surface area contributed by atoms with Gasteiger partial charge in [-0.1, -0.05) is 39.5 Å². The summed E-state index contributed by atoms with van der Waals surface area (Å²) in [6.07, 6.45) is 7.55. The number of nitrogens with zero attached hydrogens (tertiary/aromatic N) is 2. The van der Waals surface area contributed by atoms with E-state index in [1.807, 2.05) is 26.9 Å². The highest BCUT2D eigenvalue weighted by molar-refractivity contribution is 6.73. The first-order chi connectivity index (χ1) is 13.5. The molecule has 2 aliphatic rings. The van der Waals surface area contributed by atoms with Crippen molar-refractivity contribution in [1.29, 1.82) is 0 Å². The van der Waals surface area contributed by atoms with Crippen LogP contribution in [0, 0.1) is 11.8 Å². The van der Waals surface area contributed by atoms with E-state index in [0.29, 0.717) is 32.0 Å². The fourth-order valence-corrected chi connectivity index (χ4v) is 5.18. The van der Waals surface area contributed by atoms with Gasteiger partial charge < -0.3 is 20.3 Å². The second-order valence-corrected chi connectivity index (χ2v) is 14.6. The van der Waals surface area contributed by atoms with Crippen LogP contribution < -0.4 is 5.73 Å². The molecule has 3 N–H and O–H groups in total. The van der Waals surface area contributed by atoms with Gasteiger partial charge in [0.25, 0.3) is 0 Å². The number of carbonyl (C=O) groups excluding carboxylic acids is 3. The van der Waals surface area contributed by atoms with Crippen molar-refractivity contribution in [3.63, 3.8) is 0 Å². The van der Waals surface area contributed by atoms with Crippen molar-refractivity contribution in [3.8, 4) is 0 Å². The van der Waals surface area contributed by atoms with E-state index in [0.717, 1.165) is 32.1 Å². The molecule has 2 atom stereocenters. The zero-order valence-electron chi connectivity index (χ0n) is 18.5. The molecule has 0 bridgehead atoms. The summed E-state index contributed by atoms with van der Waals surface area (Å²) in [5, 5.41) is -0.391. The minimum absolute atomic E-state index is 0.0524. The molecule has 29 heavy (non-hydrogen) atoms. The molecule has 8 heteroatoms. The maximum absolute atomic E-state index is 13.4. The summed E-state index contributed by atoms with van der Waals surface area (Å²) in [5.74, 6) is -0.341. The molecular weight excluding hydrogens is 386 g/mol. The molecule has 166 valence electrons. The van der Waals surface area contributed by atoms with Gasteiger partial charge >= 0.3 is 0 Å². The third-order valence-electron chi connectivity index (χ3n) is 7.16. The second kappa shape index (κ2) is 9.60. The number of likely N-dealkylation sites (tertiary alicyclic amines) is 1. The SMILES string of the molecule is CC(C)(CN(C=O)C[C@@H](CC1CCCC1)C(=O)N1CCC[C@H]1C(N)=O)[Si](C)(C)O. The first kappa shape index (κ1) is 23.9. The molecule has 1 aliphatic carbocycles. The summed E-state index contributed by atoms with van der Waals surface area (Å²) in [4.78, 5) is 50.9. The average Bonchev–Trinajstić information content (AvgIpc) is 3.30. The molecule has 0 unspecified atom stereocenters. The van der Waals surface area contributed by atoms with Gasteiger partial charge in [-0.05, 0) is 38.3 Å². The standard InChI is InChI=1S/C21H39N3O4Si/c1-21(2,29(3,4)28)14-23(15-25)13-17(12-16-8-5-6-9-16)20(27)24-11-7-10-18(24)19(22)26/h15-18,28H,5-14H2,1-4H3,(H2,22,26)/t17-,18+/m1/s1. The number of nitrogens with two attached hydrogens (primary N) is 1. The van der Waals surface area contributed by atoms with Crippen molar-refractivity contribution in [2.45, 2.75) is 83.0 Å². The van der Waals surface area contributed by atoms with Crippen LogP contribution in [0.3, 0.4) is 0 Å². The lowest BCUT2D eigenvalue weighted by Crippen LogP contribution is -2.50. The Morgan fingerprint density at radius 2 is 1.86 bits per heavy atom. The van der Waals surface area contributed by atoms with E-state index in [-0.39, 0.29) is 11.8 Å². The Morgan fingerprint density at radius 1 is 1.24 bits per heavy atom. The van der Waals surface area contributed by atoms with Gasteiger partial charge in [0.1, 0.15) is 6.04 Å². The van der Waals surface area contributed by atoms with E-state index in [1.54, 1.807) is 9.80 Å². The highest BCUT2D eigenvalue weighted by Gasteiger charge is 2.41. The van der Waals surface area contributed by atoms with Gasteiger partial charge in [-0.25, -0.2) is 0 Å². The number of rotatable bonds is 10. The van der Waals surface area contributed by atoms with Crippen molar-refractivity contribution < 1.29 is 19.2 Å². The topological polar surface area (TPSA) is 104 Å². The summed E-state index contributed by atoms with van der Waals surface area (Å²) in [6, 6.07) is -0.529. The molecule has 1 saturated carbocycles. The van der Waals surface area contributed by atoms with Crippen molar-refractivity contribution in [3.05, 3.63) is 0 Å². The van der Waals surface area contributed by atoms with E-state index in [2.05, 4.69) is 0 Å². The minimum atomic E-state index is -2.49. The number of amides is 3. The van der Waals surface area contributed by atoms with Crippen molar-refractivity contribution in [1.82, 2.24) is 9.80 Å². The minimum Gasteiger partial charge on any atom is -0.432 e. The quantitative estimate of drug-likeness (QED) is 0.413. The van der Waals surface area contributed by atoms with Crippen LogP contribution in [-0.2, 0) is 14.4 Å². The maximum Gasteiger partial charge on any atom is 0.240 e. The largest absolute Gasteiger partial charge is 0.432 e. The van der Waals surface area contributed by atoms with E-state index in [1.165, 1.54) is 12.8 Å². The molecule has 1 heterocycles. The van der Waals surface area contributed by atoms with Crippen LogP contribution in [0.2, 0.25) is 18.1 Å². The van der Waals surface area contributed by atoms with Gasteiger partial charge in [0.15, 0.2) is 8.32 Å². The summed E-state index contributed by atoms with van der Waals surface area (Å²) in [5.41, 5.74) is 5.53. The first-order valence-electron chi connectivity index (χ1n) is 11.0. The monoisotopic (exact) mass is 425 g/mol. The lowest BCUT2D eigenvalue weighted by Gasteiger charge is -2.39. The molecule has 3 amide bonds. The molecule has 1 aliphatic heterocycles. The van der Waals surface area contributed by atoms with E-state index in [4.69, 9.17) is 5.73 Å². The van der Waals surface area contributed by atoms with E-state index >= 15 is 0 Å². The number of hydrogen-bond acceptors (Lipinski definition) is 4. The summed E-state index contributed by atoms with van der Waals surface area (Å²) < 4.78 is 0.